The van der Waals surface area contributed by atoms with Gasteiger partial charge in [-0.15, -0.1) is 0 Å². The number of hydrogen-bond donors (Lipinski definition) is 1. The Morgan fingerprint density at radius 3 is 2.45 bits per heavy atom. The van der Waals surface area contributed by atoms with Crippen molar-refractivity contribution in [2.45, 2.75) is 13.0 Å². The van der Waals surface area contributed by atoms with E-state index >= 15 is 0 Å². The topological polar surface area (TPSA) is 42.2 Å². The van der Waals surface area contributed by atoms with E-state index in [1.54, 1.807) is 19.3 Å². The molecule has 106 valence electrons. The van der Waals surface area contributed by atoms with Crippen molar-refractivity contribution >= 4 is 5.69 Å². The van der Waals surface area contributed by atoms with Crippen LogP contribution >= 0.6 is 0 Å². The first-order valence-electron chi connectivity index (χ1n) is 6.41. The van der Waals surface area contributed by atoms with E-state index in [0.717, 1.165) is 5.69 Å². The van der Waals surface area contributed by atoms with Gasteiger partial charge in [-0.05, 0) is 42.8 Å². The molecule has 0 saturated carbocycles. The summed E-state index contributed by atoms with van der Waals surface area (Å²) in [7, 11) is 1.64. The van der Waals surface area contributed by atoms with Crippen molar-refractivity contribution in [3.05, 3.63) is 59.4 Å². The van der Waals surface area contributed by atoms with Crippen molar-refractivity contribution in [3.8, 4) is 0 Å². The fourth-order valence-corrected chi connectivity index (χ4v) is 2.11. The highest BCUT2D eigenvalue weighted by molar-refractivity contribution is 5.50. The number of pyridine rings is 1. The molecule has 1 aromatic carbocycles. The molecule has 3 nitrogen and oxygen atoms in total. The average molecular weight is 277 g/mol. The van der Waals surface area contributed by atoms with E-state index in [2.05, 4.69) is 4.98 Å². The SMILES string of the molecule is CN(Cc1ccccn1)c1c(F)cc(CCN)cc1F. The number of benzene rings is 1. The standard InChI is InChI=1S/C15H17F2N3/c1-20(10-12-4-2-3-7-19-12)15-13(16)8-11(5-6-18)9-14(15)17/h2-4,7-9H,5-6,10,18H2,1H3. The zero-order chi connectivity index (χ0) is 14.5. The average Bonchev–Trinajstić information content (AvgIpc) is 2.39. The largest absolute Gasteiger partial charge is 0.364 e. The van der Waals surface area contributed by atoms with Crippen molar-refractivity contribution in [2.24, 2.45) is 5.73 Å². The van der Waals surface area contributed by atoms with E-state index in [1.807, 2.05) is 12.1 Å². The van der Waals surface area contributed by atoms with E-state index in [9.17, 15) is 8.78 Å². The Hall–Kier alpha value is -2.01. The zero-order valence-corrected chi connectivity index (χ0v) is 11.3. The first-order chi connectivity index (χ1) is 9.61. The molecule has 0 amide bonds. The summed E-state index contributed by atoms with van der Waals surface area (Å²) in [6, 6.07) is 8.12. The lowest BCUT2D eigenvalue weighted by atomic mass is 10.1. The first kappa shape index (κ1) is 14.4. The molecule has 0 radical (unpaired) electrons. The Labute approximate surface area is 117 Å². The molecule has 0 aliphatic heterocycles. The van der Waals surface area contributed by atoms with Crippen LogP contribution in [0.1, 0.15) is 11.3 Å². The maximum absolute atomic E-state index is 14.0. The van der Waals surface area contributed by atoms with Gasteiger partial charge in [0.1, 0.15) is 17.3 Å². The molecule has 0 saturated heterocycles. The summed E-state index contributed by atoms with van der Waals surface area (Å²) in [5, 5.41) is 0. The summed E-state index contributed by atoms with van der Waals surface area (Å²) in [5.74, 6) is -1.15. The predicted molar refractivity (Wildman–Crippen MR) is 75.5 cm³/mol. The molecule has 0 aliphatic rings. The Kier molecular flexibility index (Phi) is 4.63. The fraction of sp³-hybridized carbons (Fsp3) is 0.267. The second-order valence-electron chi connectivity index (χ2n) is 4.62. The molecule has 1 heterocycles. The minimum Gasteiger partial charge on any atom is -0.364 e. The van der Waals surface area contributed by atoms with Gasteiger partial charge in [0.05, 0.1) is 12.2 Å². The molecule has 0 atom stereocenters. The molecule has 5 heteroatoms. The number of hydrogen-bond acceptors (Lipinski definition) is 3. The van der Waals surface area contributed by atoms with Crippen LogP contribution in [0.5, 0.6) is 0 Å². The minimum atomic E-state index is -0.577. The van der Waals surface area contributed by atoms with Crippen molar-refractivity contribution in [3.63, 3.8) is 0 Å². The third-order valence-electron chi connectivity index (χ3n) is 3.02. The second-order valence-corrected chi connectivity index (χ2v) is 4.62. The van der Waals surface area contributed by atoms with Crippen molar-refractivity contribution < 1.29 is 8.78 Å². The molecule has 1 aromatic heterocycles. The van der Waals surface area contributed by atoms with Crippen LogP contribution in [0.15, 0.2) is 36.5 Å². The molecule has 0 bridgehead atoms. The van der Waals surface area contributed by atoms with Crippen molar-refractivity contribution in [2.75, 3.05) is 18.5 Å². The van der Waals surface area contributed by atoms with Crippen LogP contribution < -0.4 is 10.6 Å². The van der Waals surface area contributed by atoms with E-state index in [1.165, 1.54) is 17.0 Å². The van der Waals surface area contributed by atoms with Gasteiger partial charge in [0, 0.05) is 13.2 Å². The Morgan fingerprint density at radius 1 is 1.20 bits per heavy atom. The van der Waals surface area contributed by atoms with Crippen LogP contribution in [0.25, 0.3) is 0 Å². The first-order valence-corrected chi connectivity index (χ1v) is 6.41. The molecular formula is C15H17F2N3. The van der Waals surface area contributed by atoms with Crippen LogP contribution in [0.3, 0.4) is 0 Å². The Bertz CT molecular complexity index is 550. The Balaban J connectivity index is 2.23. The lowest BCUT2D eigenvalue weighted by Crippen LogP contribution is -2.20. The van der Waals surface area contributed by atoms with Gasteiger partial charge in [-0.2, -0.15) is 0 Å². The maximum atomic E-state index is 14.0. The highest BCUT2D eigenvalue weighted by atomic mass is 19.1. The van der Waals surface area contributed by atoms with Crippen molar-refractivity contribution in [1.82, 2.24) is 4.98 Å². The number of halogens is 2. The summed E-state index contributed by atoms with van der Waals surface area (Å²) in [6.07, 6.45) is 2.11. The number of nitrogens with zero attached hydrogens (tertiary/aromatic N) is 2. The highest BCUT2D eigenvalue weighted by Gasteiger charge is 2.15. The smallest absolute Gasteiger partial charge is 0.149 e. The van der Waals surface area contributed by atoms with Gasteiger partial charge in [-0.25, -0.2) is 8.78 Å². The molecule has 0 aliphatic carbocycles. The Morgan fingerprint density at radius 2 is 1.90 bits per heavy atom. The highest BCUT2D eigenvalue weighted by Crippen LogP contribution is 2.25. The normalized spacial score (nSPS) is 10.6. The molecular weight excluding hydrogens is 260 g/mol. The van der Waals surface area contributed by atoms with Gasteiger partial charge < -0.3 is 10.6 Å². The molecule has 2 rings (SSSR count). The minimum absolute atomic E-state index is 0.0450. The summed E-state index contributed by atoms with van der Waals surface area (Å²) < 4.78 is 28.1. The van der Waals surface area contributed by atoms with Crippen LogP contribution in [0.2, 0.25) is 0 Å². The van der Waals surface area contributed by atoms with E-state index in [0.29, 0.717) is 25.1 Å². The zero-order valence-electron chi connectivity index (χ0n) is 11.3. The van der Waals surface area contributed by atoms with Crippen molar-refractivity contribution in [1.29, 1.82) is 0 Å². The molecule has 2 N–H and O–H groups in total. The van der Waals surface area contributed by atoms with Gasteiger partial charge >= 0.3 is 0 Å². The molecule has 20 heavy (non-hydrogen) atoms. The third kappa shape index (κ3) is 3.30. The summed E-state index contributed by atoms with van der Waals surface area (Å²) in [6.45, 7) is 0.701. The van der Waals surface area contributed by atoms with E-state index in [4.69, 9.17) is 5.73 Å². The molecule has 2 aromatic rings. The van der Waals surface area contributed by atoms with E-state index < -0.39 is 11.6 Å². The number of nitrogens with two attached hydrogens (primary N) is 1. The van der Waals surface area contributed by atoms with Gasteiger partial charge in [-0.1, -0.05) is 6.07 Å². The van der Waals surface area contributed by atoms with Gasteiger partial charge in [0.25, 0.3) is 0 Å². The molecule has 0 unspecified atom stereocenters. The summed E-state index contributed by atoms with van der Waals surface area (Å²) in [4.78, 5) is 5.66. The predicted octanol–water partition coefficient (Wildman–Crippen LogP) is 2.50. The second kappa shape index (κ2) is 6.43. The van der Waals surface area contributed by atoms with Crippen LogP contribution in [0, 0.1) is 11.6 Å². The summed E-state index contributed by atoms with van der Waals surface area (Å²) in [5.41, 5.74) is 6.67. The number of aromatic nitrogens is 1. The van der Waals surface area contributed by atoms with E-state index in [-0.39, 0.29) is 5.69 Å². The lowest BCUT2D eigenvalue weighted by molar-refractivity contribution is 0.572. The van der Waals surface area contributed by atoms with Crippen LogP contribution in [0.4, 0.5) is 14.5 Å². The lowest BCUT2D eigenvalue weighted by Gasteiger charge is -2.20. The fourth-order valence-electron chi connectivity index (χ4n) is 2.11. The number of rotatable bonds is 5. The quantitative estimate of drug-likeness (QED) is 0.913. The third-order valence-corrected chi connectivity index (χ3v) is 3.02. The molecule has 0 spiro atoms. The van der Waals surface area contributed by atoms with Crippen LogP contribution in [-0.2, 0) is 13.0 Å². The molecule has 0 fully saturated rings. The summed E-state index contributed by atoms with van der Waals surface area (Å²) >= 11 is 0. The van der Waals surface area contributed by atoms with Gasteiger partial charge in [-0.3, -0.25) is 4.98 Å². The number of anilines is 1. The van der Waals surface area contributed by atoms with Crippen LogP contribution in [-0.4, -0.2) is 18.6 Å². The van der Waals surface area contributed by atoms with Gasteiger partial charge in [0.15, 0.2) is 0 Å². The van der Waals surface area contributed by atoms with Gasteiger partial charge in [0.2, 0.25) is 0 Å². The maximum Gasteiger partial charge on any atom is 0.149 e. The monoisotopic (exact) mass is 277 g/mol.